The fourth-order valence-electron chi connectivity index (χ4n) is 2.06. The summed E-state index contributed by atoms with van der Waals surface area (Å²) in [6, 6.07) is 6.70. The lowest BCUT2D eigenvalue weighted by Gasteiger charge is -2.14. The highest BCUT2D eigenvalue weighted by Gasteiger charge is 2.09. The van der Waals surface area contributed by atoms with Crippen LogP contribution in [0, 0.1) is 0 Å². The summed E-state index contributed by atoms with van der Waals surface area (Å²) in [6.45, 7) is 0. The summed E-state index contributed by atoms with van der Waals surface area (Å²) in [5.41, 5.74) is 2.48. The van der Waals surface area contributed by atoms with Crippen molar-refractivity contribution in [2.75, 3.05) is 7.05 Å². The van der Waals surface area contributed by atoms with Gasteiger partial charge in [-0.05, 0) is 43.7 Å². The van der Waals surface area contributed by atoms with Crippen LogP contribution in [0.3, 0.4) is 0 Å². The normalized spacial score (nSPS) is 12.6. The number of pyridine rings is 1. The van der Waals surface area contributed by atoms with Crippen LogP contribution in [0.25, 0.3) is 0 Å². The lowest BCUT2D eigenvalue weighted by Crippen LogP contribution is -2.28. The highest BCUT2D eigenvalue weighted by molar-refractivity contribution is 5.10. The van der Waals surface area contributed by atoms with Gasteiger partial charge in [-0.1, -0.05) is 0 Å². The molecule has 96 valence electrons. The van der Waals surface area contributed by atoms with E-state index in [0.717, 1.165) is 25.0 Å². The molecule has 1 N–H and O–H groups in total. The van der Waals surface area contributed by atoms with Crippen LogP contribution in [-0.4, -0.2) is 27.9 Å². The zero-order valence-electron chi connectivity index (χ0n) is 11.0. The largest absolute Gasteiger partial charge is 0.317 e. The molecule has 4 heteroatoms. The van der Waals surface area contributed by atoms with Gasteiger partial charge in [0.25, 0.3) is 0 Å². The third-order valence-corrected chi connectivity index (χ3v) is 3.16. The Morgan fingerprint density at radius 1 is 1.28 bits per heavy atom. The molecule has 0 radical (unpaired) electrons. The average Bonchev–Trinajstić information content (AvgIpc) is 2.81. The smallest absolute Gasteiger partial charge is 0.0639 e. The first-order valence-electron chi connectivity index (χ1n) is 6.32. The summed E-state index contributed by atoms with van der Waals surface area (Å²) >= 11 is 0. The van der Waals surface area contributed by atoms with Crippen LogP contribution in [0.1, 0.15) is 17.7 Å². The first-order chi connectivity index (χ1) is 8.78. The van der Waals surface area contributed by atoms with Crippen molar-refractivity contribution in [2.45, 2.75) is 25.3 Å². The molecule has 0 saturated heterocycles. The van der Waals surface area contributed by atoms with E-state index in [1.165, 1.54) is 5.56 Å². The predicted octanol–water partition coefficient (Wildman–Crippen LogP) is 1.58. The number of rotatable bonds is 6. The Kier molecular flexibility index (Phi) is 4.47. The fourth-order valence-corrected chi connectivity index (χ4v) is 2.06. The number of hydrogen-bond donors (Lipinski definition) is 1. The Balaban J connectivity index is 1.86. The molecule has 2 heterocycles. The molecule has 0 saturated carbocycles. The summed E-state index contributed by atoms with van der Waals surface area (Å²) < 4.78 is 1.85. The summed E-state index contributed by atoms with van der Waals surface area (Å²) in [6.07, 6.45) is 8.84. The van der Waals surface area contributed by atoms with E-state index in [1.54, 1.807) is 0 Å². The van der Waals surface area contributed by atoms with Crippen LogP contribution in [-0.2, 0) is 19.9 Å². The van der Waals surface area contributed by atoms with Crippen molar-refractivity contribution < 1.29 is 0 Å². The third kappa shape index (κ3) is 3.67. The van der Waals surface area contributed by atoms with Gasteiger partial charge in [0.05, 0.1) is 5.69 Å². The number of hydrogen-bond acceptors (Lipinski definition) is 3. The second-order valence-corrected chi connectivity index (χ2v) is 4.56. The van der Waals surface area contributed by atoms with Gasteiger partial charge in [0, 0.05) is 38.1 Å². The Morgan fingerprint density at radius 3 is 2.67 bits per heavy atom. The minimum absolute atomic E-state index is 0.466. The maximum absolute atomic E-state index is 4.42. The Bertz CT molecular complexity index is 464. The molecular weight excluding hydrogens is 224 g/mol. The van der Waals surface area contributed by atoms with Gasteiger partial charge in [-0.15, -0.1) is 0 Å². The van der Waals surface area contributed by atoms with Gasteiger partial charge in [0.15, 0.2) is 0 Å². The molecule has 0 aromatic carbocycles. The lowest BCUT2D eigenvalue weighted by atomic mass is 10.0. The summed E-state index contributed by atoms with van der Waals surface area (Å²) in [5, 5.41) is 7.79. The zero-order chi connectivity index (χ0) is 12.8. The second-order valence-electron chi connectivity index (χ2n) is 4.56. The number of aromatic nitrogens is 3. The van der Waals surface area contributed by atoms with Crippen molar-refractivity contribution in [3.63, 3.8) is 0 Å². The van der Waals surface area contributed by atoms with Gasteiger partial charge in [-0.2, -0.15) is 5.10 Å². The van der Waals surface area contributed by atoms with E-state index >= 15 is 0 Å². The van der Waals surface area contributed by atoms with E-state index in [4.69, 9.17) is 0 Å². The molecule has 1 unspecified atom stereocenters. The maximum atomic E-state index is 4.42. The average molecular weight is 244 g/mol. The number of aryl methyl sites for hydroxylation is 2. The monoisotopic (exact) mass is 244 g/mol. The highest BCUT2D eigenvalue weighted by Crippen LogP contribution is 2.08. The lowest BCUT2D eigenvalue weighted by molar-refractivity contribution is 0.512. The first kappa shape index (κ1) is 12.8. The van der Waals surface area contributed by atoms with Crippen molar-refractivity contribution in [1.29, 1.82) is 0 Å². The highest BCUT2D eigenvalue weighted by atomic mass is 15.2. The van der Waals surface area contributed by atoms with Crippen LogP contribution < -0.4 is 5.32 Å². The SMILES string of the molecule is CNC(CCc1ccncc1)Cc1ccn(C)n1. The standard InChI is InChI=1S/C14H20N4/c1-15-13(11-14-7-10-18(2)17-14)4-3-12-5-8-16-9-6-12/h5-10,13,15H,3-4,11H2,1-2H3. The van der Waals surface area contributed by atoms with Gasteiger partial charge in [0.1, 0.15) is 0 Å². The van der Waals surface area contributed by atoms with E-state index in [0.29, 0.717) is 6.04 Å². The van der Waals surface area contributed by atoms with Crippen molar-refractivity contribution in [3.8, 4) is 0 Å². The number of nitrogens with zero attached hydrogens (tertiary/aromatic N) is 3. The number of likely N-dealkylation sites (N-methyl/N-ethyl adjacent to an activating group) is 1. The van der Waals surface area contributed by atoms with Gasteiger partial charge in [-0.3, -0.25) is 9.67 Å². The molecular formula is C14H20N4. The molecule has 0 aliphatic heterocycles. The summed E-state index contributed by atoms with van der Waals surface area (Å²) in [7, 11) is 3.97. The summed E-state index contributed by atoms with van der Waals surface area (Å²) in [4.78, 5) is 4.03. The minimum Gasteiger partial charge on any atom is -0.317 e. The summed E-state index contributed by atoms with van der Waals surface area (Å²) in [5.74, 6) is 0. The fraction of sp³-hybridized carbons (Fsp3) is 0.429. The molecule has 18 heavy (non-hydrogen) atoms. The molecule has 4 nitrogen and oxygen atoms in total. The molecule has 2 rings (SSSR count). The van der Waals surface area contributed by atoms with Crippen LogP contribution >= 0.6 is 0 Å². The quantitative estimate of drug-likeness (QED) is 0.839. The molecule has 0 amide bonds. The third-order valence-electron chi connectivity index (χ3n) is 3.16. The molecule has 0 spiro atoms. The molecule has 0 fully saturated rings. The molecule has 0 aliphatic rings. The van der Waals surface area contributed by atoms with Crippen LogP contribution in [0.15, 0.2) is 36.8 Å². The molecule has 2 aromatic heterocycles. The Morgan fingerprint density at radius 2 is 2.06 bits per heavy atom. The maximum Gasteiger partial charge on any atom is 0.0639 e. The van der Waals surface area contributed by atoms with Crippen molar-refractivity contribution >= 4 is 0 Å². The Hall–Kier alpha value is -1.68. The van der Waals surface area contributed by atoms with Crippen molar-refractivity contribution in [2.24, 2.45) is 7.05 Å². The molecule has 1 atom stereocenters. The first-order valence-corrected chi connectivity index (χ1v) is 6.32. The number of nitrogens with one attached hydrogen (secondary N) is 1. The van der Waals surface area contributed by atoms with Crippen molar-refractivity contribution in [1.82, 2.24) is 20.1 Å². The van der Waals surface area contributed by atoms with Gasteiger partial charge in [-0.25, -0.2) is 0 Å². The predicted molar refractivity (Wildman–Crippen MR) is 72.3 cm³/mol. The topological polar surface area (TPSA) is 42.7 Å². The van der Waals surface area contributed by atoms with E-state index in [2.05, 4.69) is 33.6 Å². The second kappa shape index (κ2) is 6.31. The van der Waals surface area contributed by atoms with Crippen LogP contribution in [0.5, 0.6) is 0 Å². The zero-order valence-corrected chi connectivity index (χ0v) is 11.0. The Labute approximate surface area is 108 Å². The van der Waals surface area contributed by atoms with E-state index in [1.807, 2.05) is 37.4 Å². The molecule has 2 aromatic rings. The van der Waals surface area contributed by atoms with E-state index < -0.39 is 0 Å². The van der Waals surface area contributed by atoms with E-state index in [-0.39, 0.29) is 0 Å². The minimum atomic E-state index is 0.466. The van der Waals surface area contributed by atoms with Crippen LogP contribution in [0.4, 0.5) is 0 Å². The van der Waals surface area contributed by atoms with Crippen LogP contribution in [0.2, 0.25) is 0 Å². The van der Waals surface area contributed by atoms with Gasteiger partial charge >= 0.3 is 0 Å². The molecule has 0 bridgehead atoms. The molecule has 0 aliphatic carbocycles. The van der Waals surface area contributed by atoms with Gasteiger partial charge < -0.3 is 5.32 Å². The van der Waals surface area contributed by atoms with Crippen molar-refractivity contribution in [3.05, 3.63) is 48.0 Å². The van der Waals surface area contributed by atoms with Gasteiger partial charge in [0.2, 0.25) is 0 Å². The van der Waals surface area contributed by atoms with E-state index in [9.17, 15) is 0 Å².